The van der Waals surface area contributed by atoms with Crippen LogP contribution in [0.15, 0.2) is 42.0 Å². The van der Waals surface area contributed by atoms with Gasteiger partial charge in [-0.15, -0.1) is 0 Å². The normalized spacial score (nSPS) is 20.6. The molecule has 8 nitrogen and oxygen atoms in total. The second-order valence-electron chi connectivity index (χ2n) is 9.08. The molecule has 2 unspecified atom stereocenters. The highest BCUT2D eigenvalue weighted by Gasteiger charge is 2.47. The number of hydrogen-bond acceptors (Lipinski definition) is 7. The van der Waals surface area contributed by atoms with Crippen molar-refractivity contribution in [2.24, 2.45) is 0 Å². The summed E-state index contributed by atoms with van der Waals surface area (Å²) in [5.41, 5.74) is 2.10. The lowest BCUT2D eigenvalue weighted by molar-refractivity contribution is -0.140. The lowest BCUT2D eigenvalue weighted by atomic mass is 9.93. The molecule has 0 spiro atoms. The number of fused-ring (bicyclic) bond motifs is 1. The minimum absolute atomic E-state index is 0.0478. The first-order valence-electron chi connectivity index (χ1n) is 12.3. The number of likely N-dealkylation sites (N-methyl/N-ethyl adjacent to an activating group) is 1. The zero-order chi connectivity index (χ0) is 26.0. The molecule has 1 fully saturated rings. The molecule has 2 heterocycles. The van der Waals surface area contributed by atoms with Crippen LogP contribution >= 0.6 is 0 Å². The molecule has 0 saturated carbocycles. The van der Waals surface area contributed by atoms with E-state index >= 15 is 0 Å². The van der Waals surface area contributed by atoms with Gasteiger partial charge in [-0.2, -0.15) is 0 Å². The molecule has 1 saturated heterocycles. The number of hydrogen-bond donors (Lipinski definition) is 1. The predicted molar refractivity (Wildman–Crippen MR) is 137 cm³/mol. The highest BCUT2D eigenvalue weighted by Crippen LogP contribution is 2.44. The number of amides is 1. The quantitative estimate of drug-likeness (QED) is 0.322. The van der Waals surface area contributed by atoms with Crippen LogP contribution in [0.5, 0.6) is 17.2 Å². The minimum Gasteiger partial charge on any atom is -0.507 e. The molecule has 2 aromatic carbocycles. The molecule has 36 heavy (non-hydrogen) atoms. The smallest absolute Gasteiger partial charge is 0.295 e. The fourth-order valence-electron chi connectivity index (χ4n) is 4.99. The zero-order valence-electron chi connectivity index (χ0n) is 21.5. The van der Waals surface area contributed by atoms with E-state index in [0.29, 0.717) is 42.1 Å². The number of aliphatic hydroxyl groups is 1. The molecule has 0 aliphatic carbocycles. The van der Waals surface area contributed by atoms with Crippen molar-refractivity contribution in [2.45, 2.75) is 39.3 Å². The third kappa shape index (κ3) is 4.65. The SMILES string of the molecule is CCN(CC)CCN1C(=O)C(=O)C(=C(O)c2ccc3c(c2)CC(C)O3)C1c1ccc(OC)cc1OC. The van der Waals surface area contributed by atoms with E-state index in [2.05, 4.69) is 18.7 Å². The average molecular weight is 495 g/mol. The summed E-state index contributed by atoms with van der Waals surface area (Å²) in [6.07, 6.45) is 0.760. The molecular formula is C28H34N2O6. The second-order valence-corrected chi connectivity index (χ2v) is 9.08. The van der Waals surface area contributed by atoms with Crippen molar-refractivity contribution in [3.05, 3.63) is 58.7 Å². The molecule has 2 atom stereocenters. The van der Waals surface area contributed by atoms with Crippen molar-refractivity contribution < 1.29 is 28.9 Å². The Hall–Kier alpha value is -3.52. The summed E-state index contributed by atoms with van der Waals surface area (Å²) in [7, 11) is 3.09. The van der Waals surface area contributed by atoms with Crippen LogP contribution in [-0.2, 0) is 16.0 Å². The van der Waals surface area contributed by atoms with Crippen molar-refractivity contribution in [2.75, 3.05) is 40.4 Å². The molecule has 2 aliphatic rings. The molecular weight excluding hydrogens is 460 g/mol. The Morgan fingerprint density at radius 2 is 1.86 bits per heavy atom. The van der Waals surface area contributed by atoms with Crippen LogP contribution < -0.4 is 14.2 Å². The van der Waals surface area contributed by atoms with Crippen LogP contribution in [0.1, 0.15) is 43.5 Å². The number of nitrogens with zero attached hydrogens (tertiary/aromatic N) is 2. The van der Waals surface area contributed by atoms with Gasteiger partial charge in [-0.3, -0.25) is 9.59 Å². The molecule has 4 rings (SSSR count). The monoisotopic (exact) mass is 494 g/mol. The third-order valence-corrected chi connectivity index (χ3v) is 7.00. The molecule has 0 radical (unpaired) electrons. The maximum absolute atomic E-state index is 13.4. The number of ketones is 1. The molecule has 0 aromatic heterocycles. The standard InChI is InChI=1S/C28H34N2O6/c1-6-29(7-2)12-13-30-25(21-10-9-20(34-4)16-23(21)35-5)24(27(32)28(30)33)26(31)18-8-11-22-19(15-18)14-17(3)36-22/h8-11,15-17,25,31H,6-7,12-14H2,1-5H3. The predicted octanol–water partition coefficient (Wildman–Crippen LogP) is 3.79. The van der Waals surface area contributed by atoms with Gasteiger partial charge in [0.15, 0.2) is 0 Å². The summed E-state index contributed by atoms with van der Waals surface area (Å²) in [5.74, 6) is 0.278. The number of aliphatic hydroxyl groups excluding tert-OH is 1. The Morgan fingerprint density at radius 1 is 1.11 bits per heavy atom. The highest BCUT2D eigenvalue weighted by atomic mass is 16.5. The van der Waals surface area contributed by atoms with Gasteiger partial charge in [0, 0.05) is 36.7 Å². The lowest BCUT2D eigenvalue weighted by Crippen LogP contribution is -2.38. The fraction of sp³-hybridized carbons (Fsp3) is 0.429. The van der Waals surface area contributed by atoms with Crippen LogP contribution in [0.25, 0.3) is 5.76 Å². The number of rotatable bonds is 9. The van der Waals surface area contributed by atoms with Gasteiger partial charge < -0.3 is 29.1 Å². The topological polar surface area (TPSA) is 88.5 Å². The summed E-state index contributed by atoms with van der Waals surface area (Å²) in [4.78, 5) is 30.4. The van der Waals surface area contributed by atoms with Crippen LogP contribution in [-0.4, -0.2) is 73.1 Å². The van der Waals surface area contributed by atoms with Gasteiger partial charge in [0.1, 0.15) is 29.1 Å². The van der Waals surface area contributed by atoms with E-state index < -0.39 is 17.7 Å². The van der Waals surface area contributed by atoms with E-state index in [1.165, 1.54) is 12.0 Å². The van der Waals surface area contributed by atoms with Crippen LogP contribution in [0.3, 0.4) is 0 Å². The number of carbonyl (C=O) groups is 2. The summed E-state index contributed by atoms with van der Waals surface area (Å²) in [5, 5.41) is 11.5. The number of methoxy groups -OCH3 is 2. The largest absolute Gasteiger partial charge is 0.507 e. The fourth-order valence-corrected chi connectivity index (χ4v) is 4.99. The number of ether oxygens (including phenoxy) is 3. The Bertz CT molecular complexity index is 1190. The van der Waals surface area contributed by atoms with Gasteiger partial charge in [0.2, 0.25) is 0 Å². The van der Waals surface area contributed by atoms with Gasteiger partial charge in [0.25, 0.3) is 11.7 Å². The Labute approximate surface area is 212 Å². The van der Waals surface area contributed by atoms with Crippen molar-refractivity contribution >= 4 is 17.4 Å². The second kappa shape index (κ2) is 10.6. The zero-order valence-corrected chi connectivity index (χ0v) is 21.5. The van der Waals surface area contributed by atoms with Crippen molar-refractivity contribution in [3.63, 3.8) is 0 Å². The molecule has 1 amide bonds. The number of carbonyl (C=O) groups excluding carboxylic acids is 2. The number of benzene rings is 2. The Kier molecular flexibility index (Phi) is 7.54. The summed E-state index contributed by atoms with van der Waals surface area (Å²) < 4.78 is 16.8. The van der Waals surface area contributed by atoms with Gasteiger partial charge in [0.05, 0.1) is 25.8 Å². The van der Waals surface area contributed by atoms with E-state index in [4.69, 9.17) is 14.2 Å². The summed E-state index contributed by atoms with van der Waals surface area (Å²) >= 11 is 0. The van der Waals surface area contributed by atoms with Crippen molar-refractivity contribution in [1.29, 1.82) is 0 Å². The van der Waals surface area contributed by atoms with E-state index in [0.717, 1.165) is 24.4 Å². The highest BCUT2D eigenvalue weighted by molar-refractivity contribution is 6.46. The average Bonchev–Trinajstić information content (AvgIpc) is 3.39. The maximum atomic E-state index is 13.4. The first kappa shape index (κ1) is 25.6. The minimum atomic E-state index is -0.801. The number of likely N-dealkylation sites (tertiary alicyclic amines) is 1. The van der Waals surface area contributed by atoms with E-state index in [1.54, 1.807) is 37.4 Å². The molecule has 192 valence electrons. The third-order valence-electron chi connectivity index (χ3n) is 7.00. The van der Waals surface area contributed by atoms with E-state index in [-0.39, 0.29) is 17.4 Å². The molecule has 1 N–H and O–H groups in total. The number of Topliss-reactive ketones (excluding diaryl/α,β-unsaturated/α-hetero) is 1. The first-order valence-corrected chi connectivity index (χ1v) is 12.3. The van der Waals surface area contributed by atoms with Gasteiger partial charge in [-0.1, -0.05) is 13.8 Å². The molecule has 8 heteroatoms. The summed E-state index contributed by atoms with van der Waals surface area (Å²) in [6.45, 7) is 8.68. The van der Waals surface area contributed by atoms with Gasteiger partial charge >= 0.3 is 0 Å². The lowest BCUT2D eigenvalue weighted by Gasteiger charge is -2.29. The Balaban J connectivity index is 1.84. The molecule has 2 aliphatic heterocycles. The van der Waals surface area contributed by atoms with E-state index in [9.17, 15) is 14.7 Å². The maximum Gasteiger partial charge on any atom is 0.295 e. The molecule has 2 aromatic rings. The van der Waals surface area contributed by atoms with Crippen molar-refractivity contribution in [1.82, 2.24) is 9.80 Å². The molecule has 0 bridgehead atoms. The van der Waals surface area contributed by atoms with Crippen LogP contribution in [0.2, 0.25) is 0 Å². The van der Waals surface area contributed by atoms with E-state index in [1.807, 2.05) is 13.0 Å². The first-order chi connectivity index (χ1) is 17.3. The summed E-state index contributed by atoms with van der Waals surface area (Å²) in [6, 6.07) is 9.81. The van der Waals surface area contributed by atoms with Crippen LogP contribution in [0.4, 0.5) is 0 Å². The van der Waals surface area contributed by atoms with Gasteiger partial charge in [-0.05, 0) is 55.9 Å². The van der Waals surface area contributed by atoms with Gasteiger partial charge in [-0.25, -0.2) is 0 Å². The van der Waals surface area contributed by atoms with Crippen molar-refractivity contribution in [3.8, 4) is 17.2 Å². The Morgan fingerprint density at radius 3 is 2.53 bits per heavy atom. The van der Waals surface area contributed by atoms with Crippen LogP contribution in [0, 0.1) is 0 Å².